The van der Waals surface area contributed by atoms with Crippen molar-refractivity contribution in [3.8, 4) is 0 Å². The fourth-order valence-electron chi connectivity index (χ4n) is 0.296. The maximum atomic E-state index is 8.75. The topological polar surface area (TPSA) is 29.5 Å². The zero-order chi connectivity index (χ0) is 7.28. The summed E-state index contributed by atoms with van der Waals surface area (Å²) < 4.78 is 4.84. The van der Waals surface area contributed by atoms with Crippen LogP contribution in [-0.4, -0.2) is 29.3 Å². The SMILES string of the molecule is CC(O)C(Cl)OCCCl. The van der Waals surface area contributed by atoms with Crippen molar-refractivity contribution in [2.45, 2.75) is 18.6 Å². The van der Waals surface area contributed by atoms with Crippen molar-refractivity contribution in [3.63, 3.8) is 0 Å². The molecule has 0 aromatic rings. The molecule has 0 saturated heterocycles. The molecule has 0 fully saturated rings. The van der Waals surface area contributed by atoms with Crippen molar-refractivity contribution in [2.75, 3.05) is 12.5 Å². The normalized spacial score (nSPS) is 17.3. The van der Waals surface area contributed by atoms with Crippen LogP contribution in [0.1, 0.15) is 6.92 Å². The zero-order valence-electron chi connectivity index (χ0n) is 5.18. The van der Waals surface area contributed by atoms with Gasteiger partial charge in [0, 0.05) is 5.88 Å². The molecular formula is C5H10Cl2O2. The number of hydrogen-bond acceptors (Lipinski definition) is 2. The molecule has 0 radical (unpaired) electrons. The predicted molar refractivity (Wildman–Crippen MR) is 38.0 cm³/mol. The average molecular weight is 173 g/mol. The Morgan fingerprint density at radius 3 is 2.56 bits per heavy atom. The van der Waals surface area contributed by atoms with Crippen molar-refractivity contribution >= 4 is 23.2 Å². The van der Waals surface area contributed by atoms with Crippen LogP contribution in [0.5, 0.6) is 0 Å². The molecule has 4 heteroatoms. The summed E-state index contributed by atoms with van der Waals surface area (Å²) in [6.07, 6.45) is -0.644. The molecule has 0 heterocycles. The third kappa shape index (κ3) is 4.97. The van der Waals surface area contributed by atoms with E-state index < -0.39 is 11.7 Å². The first kappa shape index (κ1) is 9.50. The minimum absolute atomic E-state index is 0.376. The van der Waals surface area contributed by atoms with Gasteiger partial charge >= 0.3 is 0 Å². The maximum absolute atomic E-state index is 8.75. The van der Waals surface area contributed by atoms with E-state index in [4.69, 9.17) is 33.0 Å². The molecule has 0 amide bonds. The molecule has 9 heavy (non-hydrogen) atoms. The summed E-state index contributed by atoms with van der Waals surface area (Å²) >= 11 is 10.7. The number of ether oxygens (including phenoxy) is 1. The number of halogens is 2. The van der Waals surface area contributed by atoms with E-state index in [-0.39, 0.29) is 0 Å². The van der Waals surface area contributed by atoms with Crippen LogP contribution in [0, 0.1) is 0 Å². The Labute approximate surface area is 64.7 Å². The van der Waals surface area contributed by atoms with Gasteiger partial charge in [0.15, 0.2) is 5.56 Å². The molecule has 0 aliphatic heterocycles. The lowest BCUT2D eigenvalue weighted by Gasteiger charge is -2.11. The third-order valence-corrected chi connectivity index (χ3v) is 1.38. The van der Waals surface area contributed by atoms with Crippen LogP contribution in [0.15, 0.2) is 0 Å². The minimum atomic E-state index is -0.644. The second kappa shape index (κ2) is 5.30. The Morgan fingerprint density at radius 2 is 2.22 bits per heavy atom. The summed E-state index contributed by atoms with van der Waals surface area (Å²) in [6.45, 7) is 1.94. The second-order valence-corrected chi connectivity index (χ2v) is 2.46. The summed E-state index contributed by atoms with van der Waals surface area (Å²) in [6, 6.07) is 0. The van der Waals surface area contributed by atoms with Gasteiger partial charge in [-0.3, -0.25) is 0 Å². The highest BCUT2D eigenvalue weighted by Crippen LogP contribution is 2.03. The molecule has 2 unspecified atom stereocenters. The first-order chi connectivity index (χ1) is 4.18. The van der Waals surface area contributed by atoms with Gasteiger partial charge in [-0.1, -0.05) is 11.6 Å². The van der Waals surface area contributed by atoms with Crippen molar-refractivity contribution < 1.29 is 9.84 Å². The molecule has 0 saturated carbocycles. The van der Waals surface area contributed by atoms with Crippen LogP contribution in [-0.2, 0) is 4.74 Å². The van der Waals surface area contributed by atoms with Gasteiger partial charge in [-0.2, -0.15) is 0 Å². The van der Waals surface area contributed by atoms with Crippen LogP contribution in [0.25, 0.3) is 0 Å². The summed E-state index contributed by atoms with van der Waals surface area (Å²) in [5.74, 6) is 0.399. The molecule has 0 aromatic carbocycles. The monoisotopic (exact) mass is 172 g/mol. The molecule has 0 bridgehead atoms. The van der Waals surface area contributed by atoms with Gasteiger partial charge in [0.1, 0.15) is 0 Å². The molecule has 1 N–H and O–H groups in total. The first-order valence-electron chi connectivity index (χ1n) is 2.68. The summed E-state index contributed by atoms with van der Waals surface area (Å²) in [4.78, 5) is 0. The van der Waals surface area contributed by atoms with Crippen LogP contribution >= 0.6 is 23.2 Å². The summed E-state index contributed by atoms with van der Waals surface area (Å²) in [5, 5.41) is 8.75. The molecule has 2 atom stereocenters. The highest BCUT2D eigenvalue weighted by Gasteiger charge is 2.09. The number of aliphatic hydroxyl groups is 1. The van der Waals surface area contributed by atoms with E-state index in [1.54, 1.807) is 6.92 Å². The van der Waals surface area contributed by atoms with Crippen molar-refractivity contribution in [3.05, 3.63) is 0 Å². The third-order valence-electron chi connectivity index (χ3n) is 0.733. The van der Waals surface area contributed by atoms with Crippen molar-refractivity contribution in [1.29, 1.82) is 0 Å². The standard InChI is InChI=1S/C5H10Cl2O2/c1-4(8)5(7)9-3-2-6/h4-5,8H,2-3H2,1H3. The number of alkyl halides is 2. The van der Waals surface area contributed by atoms with Crippen LogP contribution < -0.4 is 0 Å². The van der Waals surface area contributed by atoms with Crippen LogP contribution in [0.4, 0.5) is 0 Å². The molecule has 0 aliphatic carbocycles. The number of aliphatic hydroxyl groups excluding tert-OH is 1. The largest absolute Gasteiger partial charge is 0.389 e. The molecule has 0 rings (SSSR count). The summed E-state index contributed by atoms with van der Waals surface area (Å²) in [7, 11) is 0. The van der Waals surface area contributed by atoms with Gasteiger partial charge in [-0.15, -0.1) is 11.6 Å². The Hall–Kier alpha value is 0.500. The smallest absolute Gasteiger partial charge is 0.156 e. The highest BCUT2D eigenvalue weighted by molar-refractivity contribution is 6.20. The Balaban J connectivity index is 3.16. The molecule has 2 nitrogen and oxygen atoms in total. The van der Waals surface area contributed by atoms with Gasteiger partial charge in [0.2, 0.25) is 0 Å². The number of rotatable bonds is 4. The van der Waals surface area contributed by atoms with Gasteiger partial charge in [0.25, 0.3) is 0 Å². The van der Waals surface area contributed by atoms with Gasteiger partial charge in [-0.05, 0) is 6.92 Å². The maximum Gasteiger partial charge on any atom is 0.156 e. The Morgan fingerprint density at radius 1 is 1.67 bits per heavy atom. The second-order valence-electron chi connectivity index (χ2n) is 1.65. The fraction of sp³-hybridized carbons (Fsp3) is 1.00. The molecular weight excluding hydrogens is 163 g/mol. The van der Waals surface area contributed by atoms with E-state index >= 15 is 0 Å². The average Bonchev–Trinajstić information content (AvgIpc) is 1.82. The Bertz CT molecular complexity index is 68.0. The molecule has 56 valence electrons. The van der Waals surface area contributed by atoms with E-state index in [9.17, 15) is 0 Å². The first-order valence-corrected chi connectivity index (χ1v) is 3.65. The fourth-order valence-corrected chi connectivity index (χ4v) is 0.475. The van der Waals surface area contributed by atoms with Crippen molar-refractivity contribution in [2.24, 2.45) is 0 Å². The van der Waals surface area contributed by atoms with E-state index in [0.29, 0.717) is 12.5 Å². The van der Waals surface area contributed by atoms with Gasteiger partial charge in [-0.25, -0.2) is 0 Å². The number of hydrogen-bond donors (Lipinski definition) is 1. The Kier molecular flexibility index (Phi) is 5.59. The lowest BCUT2D eigenvalue weighted by molar-refractivity contribution is 0.0258. The molecule has 0 aliphatic rings. The van der Waals surface area contributed by atoms with Crippen molar-refractivity contribution in [1.82, 2.24) is 0 Å². The van der Waals surface area contributed by atoms with Crippen LogP contribution in [0.2, 0.25) is 0 Å². The van der Waals surface area contributed by atoms with E-state index in [1.165, 1.54) is 0 Å². The molecule has 0 spiro atoms. The highest BCUT2D eigenvalue weighted by atomic mass is 35.5. The lowest BCUT2D eigenvalue weighted by Crippen LogP contribution is -2.20. The lowest BCUT2D eigenvalue weighted by atomic mass is 10.4. The zero-order valence-corrected chi connectivity index (χ0v) is 6.69. The van der Waals surface area contributed by atoms with E-state index in [2.05, 4.69) is 0 Å². The van der Waals surface area contributed by atoms with Gasteiger partial charge in [0.05, 0.1) is 12.7 Å². The quantitative estimate of drug-likeness (QED) is 0.647. The van der Waals surface area contributed by atoms with Gasteiger partial charge < -0.3 is 9.84 Å². The summed E-state index contributed by atoms with van der Waals surface area (Å²) in [5.41, 5.74) is -0.635. The van der Waals surface area contributed by atoms with Crippen LogP contribution in [0.3, 0.4) is 0 Å². The predicted octanol–water partition coefficient (Wildman–Crippen LogP) is 1.19. The minimum Gasteiger partial charge on any atom is -0.389 e. The van der Waals surface area contributed by atoms with E-state index in [0.717, 1.165) is 0 Å². The molecule has 0 aromatic heterocycles. The van der Waals surface area contributed by atoms with E-state index in [1.807, 2.05) is 0 Å².